The molecule has 0 aromatic carbocycles. The van der Waals surface area contributed by atoms with E-state index in [1.807, 2.05) is 0 Å². The van der Waals surface area contributed by atoms with Gasteiger partial charge in [0.25, 0.3) is 0 Å². The maximum atomic E-state index is 3.82. The van der Waals surface area contributed by atoms with Crippen molar-refractivity contribution in [1.82, 2.24) is 5.32 Å². The molecule has 0 spiro atoms. The summed E-state index contributed by atoms with van der Waals surface area (Å²) in [6.45, 7) is 2.30. The molecule has 0 aliphatic heterocycles. The quantitative estimate of drug-likeness (QED) is 0.822. The van der Waals surface area contributed by atoms with E-state index in [1.165, 1.54) is 31.2 Å². The fourth-order valence-electron chi connectivity index (χ4n) is 3.39. The molecule has 1 aromatic rings. The van der Waals surface area contributed by atoms with E-state index >= 15 is 0 Å². The van der Waals surface area contributed by atoms with Gasteiger partial charge in [0, 0.05) is 12.1 Å². The van der Waals surface area contributed by atoms with Gasteiger partial charge in [-0.25, -0.2) is 0 Å². The average molecular weight is 221 g/mol. The third-order valence-corrected chi connectivity index (χ3v) is 4.95. The monoisotopic (exact) mass is 221 g/mol. The first kappa shape index (κ1) is 9.86. The first-order valence-electron chi connectivity index (χ1n) is 6.11. The lowest BCUT2D eigenvalue weighted by Gasteiger charge is -2.26. The lowest BCUT2D eigenvalue weighted by Crippen LogP contribution is -2.35. The molecule has 1 N–H and O–H groups in total. The van der Waals surface area contributed by atoms with Crippen molar-refractivity contribution < 1.29 is 0 Å². The molecule has 2 aliphatic rings. The van der Waals surface area contributed by atoms with Crippen LogP contribution in [0.5, 0.6) is 0 Å². The van der Waals surface area contributed by atoms with Gasteiger partial charge in [0.05, 0.1) is 0 Å². The zero-order chi connectivity index (χ0) is 10.3. The molecule has 2 saturated carbocycles. The van der Waals surface area contributed by atoms with E-state index in [4.69, 9.17) is 0 Å². The predicted molar refractivity (Wildman–Crippen MR) is 65.1 cm³/mol. The molecule has 4 unspecified atom stereocenters. The lowest BCUT2D eigenvalue weighted by molar-refractivity contribution is 0.327. The van der Waals surface area contributed by atoms with Gasteiger partial charge in [-0.1, -0.05) is 6.42 Å². The van der Waals surface area contributed by atoms with Gasteiger partial charge in [0.15, 0.2) is 0 Å². The Morgan fingerprint density at radius 2 is 2.33 bits per heavy atom. The van der Waals surface area contributed by atoms with Crippen LogP contribution in [0.4, 0.5) is 0 Å². The summed E-state index contributed by atoms with van der Waals surface area (Å²) < 4.78 is 0. The van der Waals surface area contributed by atoms with E-state index in [9.17, 15) is 0 Å². The second-order valence-corrected chi connectivity index (χ2v) is 6.01. The first-order chi connectivity index (χ1) is 7.33. The van der Waals surface area contributed by atoms with Crippen LogP contribution in [0.15, 0.2) is 16.8 Å². The average Bonchev–Trinajstić information content (AvgIpc) is 2.95. The van der Waals surface area contributed by atoms with Gasteiger partial charge in [-0.15, -0.1) is 0 Å². The van der Waals surface area contributed by atoms with E-state index in [2.05, 4.69) is 29.1 Å². The van der Waals surface area contributed by atoms with Gasteiger partial charge in [-0.2, -0.15) is 11.3 Å². The molecule has 82 valence electrons. The predicted octanol–water partition coefficient (Wildman–Crippen LogP) is 3.59. The number of thiophene rings is 1. The van der Waals surface area contributed by atoms with Gasteiger partial charge >= 0.3 is 0 Å². The third-order valence-electron chi connectivity index (χ3n) is 4.25. The molecular weight excluding hydrogens is 202 g/mol. The van der Waals surface area contributed by atoms with Crippen LogP contribution in [0.1, 0.15) is 44.2 Å². The molecule has 1 aromatic heterocycles. The van der Waals surface area contributed by atoms with Crippen LogP contribution in [0.2, 0.25) is 0 Å². The molecular formula is C13H19NS. The summed E-state index contributed by atoms with van der Waals surface area (Å²) in [5.41, 5.74) is 1.46. The molecule has 2 heteroatoms. The Kier molecular flexibility index (Phi) is 2.57. The van der Waals surface area contributed by atoms with Crippen LogP contribution in [-0.2, 0) is 0 Å². The van der Waals surface area contributed by atoms with E-state index in [1.54, 1.807) is 11.3 Å². The molecule has 1 heterocycles. The summed E-state index contributed by atoms with van der Waals surface area (Å²) in [5.74, 6) is 2.03. The summed E-state index contributed by atoms with van der Waals surface area (Å²) in [4.78, 5) is 0. The first-order valence-corrected chi connectivity index (χ1v) is 7.05. The highest BCUT2D eigenvalue weighted by atomic mass is 32.1. The van der Waals surface area contributed by atoms with Crippen molar-refractivity contribution in [2.45, 2.75) is 44.7 Å². The lowest BCUT2D eigenvalue weighted by atomic mass is 9.94. The Hall–Kier alpha value is -0.340. The number of rotatable bonds is 3. The number of fused-ring (bicyclic) bond motifs is 2. The van der Waals surface area contributed by atoms with Crippen LogP contribution in [-0.4, -0.2) is 6.04 Å². The molecule has 2 aliphatic carbocycles. The molecule has 15 heavy (non-hydrogen) atoms. The number of hydrogen-bond donors (Lipinski definition) is 1. The van der Waals surface area contributed by atoms with Crippen LogP contribution in [0.25, 0.3) is 0 Å². The van der Waals surface area contributed by atoms with Crippen molar-refractivity contribution in [2.24, 2.45) is 11.8 Å². The second kappa shape index (κ2) is 3.91. The van der Waals surface area contributed by atoms with E-state index < -0.39 is 0 Å². The minimum absolute atomic E-state index is 0.542. The topological polar surface area (TPSA) is 12.0 Å². The standard InChI is InChI=1S/C13H19NS/c1-9(12-4-5-15-8-12)14-13-7-10-2-3-11(13)6-10/h4-5,8-11,13-14H,2-3,6-7H2,1H3. The normalized spacial score (nSPS) is 35.9. The maximum Gasteiger partial charge on any atom is 0.0302 e. The Labute approximate surface area is 95.9 Å². The SMILES string of the molecule is CC(NC1CC2CCC1C2)c1ccsc1. The van der Waals surface area contributed by atoms with Gasteiger partial charge in [-0.05, 0) is 60.4 Å². The third kappa shape index (κ3) is 1.85. The Balaban J connectivity index is 1.62. The molecule has 0 amide bonds. The molecule has 1 nitrogen and oxygen atoms in total. The highest BCUT2D eigenvalue weighted by Gasteiger charge is 2.39. The smallest absolute Gasteiger partial charge is 0.0302 e. The number of nitrogens with one attached hydrogen (secondary N) is 1. The molecule has 2 bridgehead atoms. The van der Waals surface area contributed by atoms with Gasteiger partial charge in [0.1, 0.15) is 0 Å². The van der Waals surface area contributed by atoms with E-state index in [0.29, 0.717) is 6.04 Å². The Bertz CT molecular complexity index is 319. The molecule has 2 fully saturated rings. The fourth-order valence-corrected chi connectivity index (χ4v) is 4.14. The van der Waals surface area contributed by atoms with Gasteiger partial charge in [0.2, 0.25) is 0 Å². The van der Waals surface area contributed by atoms with Gasteiger partial charge < -0.3 is 5.32 Å². The molecule has 4 atom stereocenters. The minimum Gasteiger partial charge on any atom is -0.307 e. The van der Waals surface area contributed by atoms with Crippen molar-refractivity contribution in [3.8, 4) is 0 Å². The summed E-state index contributed by atoms with van der Waals surface area (Å²) in [5, 5.41) is 8.26. The van der Waals surface area contributed by atoms with Gasteiger partial charge in [-0.3, -0.25) is 0 Å². The zero-order valence-electron chi connectivity index (χ0n) is 9.28. The van der Waals surface area contributed by atoms with Crippen LogP contribution in [0.3, 0.4) is 0 Å². The number of hydrogen-bond acceptors (Lipinski definition) is 2. The Morgan fingerprint density at radius 3 is 2.93 bits per heavy atom. The van der Waals surface area contributed by atoms with Crippen molar-refractivity contribution in [3.63, 3.8) is 0 Å². The van der Waals surface area contributed by atoms with Crippen molar-refractivity contribution in [1.29, 1.82) is 0 Å². The van der Waals surface area contributed by atoms with Crippen LogP contribution in [0, 0.1) is 11.8 Å². The molecule has 3 rings (SSSR count). The van der Waals surface area contributed by atoms with Crippen molar-refractivity contribution in [2.75, 3.05) is 0 Å². The largest absolute Gasteiger partial charge is 0.307 e. The van der Waals surface area contributed by atoms with Crippen LogP contribution >= 0.6 is 11.3 Å². The van der Waals surface area contributed by atoms with Crippen molar-refractivity contribution >= 4 is 11.3 Å². The van der Waals surface area contributed by atoms with E-state index in [-0.39, 0.29) is 0 Å². The van der Waals surface area contributed by atoms with E-state index in [0.717, 1.165) is 17.9 Å². The summed E-state index contributed by atoms with van der Waals surface area (Å²) in [7, 11) is 0. The second-order valence-electron chi connectivity index (χ2n) is 5.23. The zero-order valence-corrected chi connectivity index (χ0v) is 10.1. The minimum atomic E-state index is 0.542. The van der Waals surface area contributed by atoms with Crippen LogP contribution < -0.4 is 5.32 Å². The molecule has 0 radical (unpaired) electrons. The molecule has 0 saturated heterocycles. The van der Waals surface area contributed by atoms with Crippen molar-refractivity contribution in [3.05, 3.63) is 22.4 Å². The fraction of sp³-hybridized carbons (Fsp3) is 0.692. The highest BCUT2D eigenvalue weighted by molar-refractivity contribution is 7.07. The maximum absolute atomic E-state index is 3.82. The Morgan fingerprint density at radius 1 is 1.40 bits per heavy atom. The summed E-state index contributed by atoms with van der Waals surface area (Å²) in [6, 6.07) is 3.59. The summed E-state index contributed by atoms with van der Waals surface area (Å²) in [6.07, 6.45) is 5.89. The highest BCUT2D eigenvalue weighted by Crippen LogP contribution is 2.45. The summed E-state index contributed by atoms with van der Waals surface area (Å²) >= 11 is 1.80.